The van der Waals surface area contributed by atoms with Gasteiger partial charge >= 0.3 is 0 Å². The quantitative estimate of drug-likeness (QED) is 0.738. The Balaban J connectivity index is 1.78. The van der Waals surface area contributed by atoms with Gasteiger partial charge in [-0.05, 0) is 44.4 Å². The lowest BCUT2D eigenvalue weighted by Crippen LogP contribution is -2.24. The van der Waals surface area contributed by atoms with E-state index in [0.29, 0.717) is 13.0 Å². The average Bonchev–Trinajstić information content (AvgIpc) is 3.09. The Labute approximate surface area is 146 Å². The third-order valence-corrected chi connectivity index (χ3v) is 5.16. The molecule has 0 fully saturated rings. The highest BCUT2D eigenvalue weighted by Gasteiger charge is 2.12. The van der Waals surface area contributed by atoms with Gasteiger partial charge in [-0.25, -0.2) is 4.98 Å². The van der Waals surface area contributed by atoms with E-state index in [9.17, 15) is 4.79 Å². The number of thiazole rings is 1. The molecule has 0 radical (unpaired) electrons. The normalized spacial score (nSPS) is 11.2. The number of nitrogens with zero attached hydrogens (tertiary/aromatic N) is 1. The van der Waals surface area contributed by atoms with Crippen LogP contribution in [0, 0.1) is 20.8 Å². The molecule has 0 aliphatic carbocycles. The third kappa shape index (κ3) is 3.36. The van der Waals surface area contributed by atoms with Crippen LogP contribution in [0.1, 0.15) is 40.0 Å². The summed E-state index contributed by atoms with van der Waals surface area (Å²) in [5.74, 6) is 0.00829. The average molecular weight is 341 g/mol. The van der Waals surface area contributed by atoms with E-state index in [-0.39, 0.29) is 5.91 Å². The van der Waals surface area contributed by atoms with Crippen molar-refractivity contribution >= 4 is 28.1 Å². The van der Waals surface area contributed by atoms with E-state index in [4.69, 9.17) is 0 Å². The standard InChI is InChI=1S/C19H23N3OS/c1-5-17-12(3)16-7-11(2)6-14(19(16)22-17)9-20-18(23)8-15-10-24-13(4)21-15/h6-7,10,22H,5,8-9H2,1-4H3,(H,20,23). The minimum atomic E-state index is 0.00829. The zero-order valence-electron chi connectivity index (χ0n) is 14.6. The number of hydrogen-bond acceptors (Lipinski definition) is 3. The molecule has 2 aromatic heterocycles. The van der Waals surface area contributed by atoms with Crippen LogP contribution in [0.2, 0.25) is 0 Å². The molecule has 2 N–H and O–H groups in total. The molecule has 0 atom stereocenters. The van der Waals surface area contributed by atoms with Gasteiger partial charge in [-0.3, -0.25) is 4.79 Å². The Bertz CT molecular complexity index is 892. The minimum Gasteiger partial charge on any atom is -0.358 e. The van der Waals surface area contributed by atoms with Gasteiger partial charge in [-0.15, -0.1) is 11.3 Å². The number of hydrogen-bond donors (Lipinski definition) is 2. The minimum absolute atomic E-state index is 0.00829. The SMILES string of the molecule is CCc1[nH]c2c(CNC(=O)Cc3csc(C)n3)cc(C)cc2c1C. The molecular weight excluding hydrogens is 318 g/mol. The molecule has 0 aliphatic heterocycles. The number of aromatic nitrogens is 2. The Morgan fingerprint density at radius 2 is 2.08 bits per heavy atom. The summed E-state index contributed by atoms with van der Waals surface area (Å²) < 4.78 is 0. The maximum Gasteiger partial charge on any atom is 0.226 e. The van der Waals surface area contributed by atoms with Crippen LogP contribution in [0.25, 0.3) is 10.9 Å². The van der Waals surface area contributed by atoms with Crippen molar-refractivity contribution in [3.05, 3.63) is 50.6 Å². The first-order valence-electron chi connectivity index (χ1n) is 8.26. The second kappa shape index (κ2) is 6.77. The summed E-state index contributed by atoms with van der Waals surface area (Å²) in [5, 5.41) is 7.22. The second-order valence-corrected chi connectivity index (χ2v) is 7.30. The first-order valence-corrected chi connectivity index (χ1v) is 9.14. The summed E-state index contributed by atoms with van der Waals surface area (Å²) in [4.78, 5) is 20.1. The molecule has 4 nitrogen and oxygen atoms in total. The number of amides is 1. The fourth-order valence-electron chi connectivity index (χ4n) is 3.12. The number of H-pyrrole nitrogens is 1. The molecule has 1 aromatic carbocycles. The lowest BCUT2D eigenvalue weighted by molar-refractivity contribution is -0.120. The zero-order chi connectivity index (χ0) is 17.3. The summed E-state index contributed by atoms with van der Waals surface area (Å²) in [6.45, 7) is 8.89. The number of carbonyl (C=O) groups excluding carboxylic acids is 1. The number of benzene rings is 1. The van der Waals surface area contributed by atoms with E-state index in [1.165, 1.54) is 22.2 Å². The summed E-state index contributed by atoms with van der Waals surface area (Å²) in [7, 11) is 0. The highest BCUT2D eigenvalue weighted by Crippen LogP contribution is 2.26. The molecule has 0 spiro atoms. The van der Waals surface area contributed by atoms with Crippen LogP contribution in [-0.2, 0) is 24.2 Å². The van der Waals surface area contributed by atoms with Crippen LogP contribution in [0.5, 0.6) is 0 Å². The van der Waals surface area contributed by atoms with Gasteiger partial charge in [-0.2, -0.15) is 0 Å². The highest BCUT2D eigenvalue weighted by atomic mass is 32.1. The number of aryl methyl sites for hydroxylation is 4. The topological polar surface area (TPSA) is 57.8 Å². The van der Waals surface area contributed by atoms with E-state index < -0.39 is 0 Å². The molecule has 0 saturated carbocycles. The van der Waals surface area contributed by atoms with E-state index in [0.717, 1.165) is 28.2 Å². The van der Waals surface area contributed by atoms with Crippen LogP contribution in [-0.4, -0.2) is 15.9 Å². The summed E-state index contributed by atoms with van der Waals surface area (Å²) in [5.41, 5.74) is 6.90. The van der Waals surface area contributed by atoms with E-state index >= 15 is 0 Å². The van der Waals surface area contributed by atoms with E-state index in [1.54, 1.807) is 11.3 Å². The predicted octanol–water partition coefficient (Wildman–Crippen LogP) is 3.97. The first-order chi connectivity index (χ1) is 11.5. The van der Waals surface area contributed by atoms with E-state index in [2.05, 4.69) is 48.2 Å². The molecular formula is C19H23N3OS. The Kier molecular flexibility index (Phi) is 4.71. The summed E-state index contributed by atoms with van der Waals surface area (Å²) in [6, 6.07) is 4.36. The molecule has 0 saturated heterocycles. The van der Waals surface area contributed by atoms with Crippen LogP contribution in [0.4, 0.5) is 0 Å². The maximum atomic E-state index is 12.2. The molecule has 0 unspecified atom stereocenters. The van der Waals surface area contributed by atoms with Gasteiger partial charge in [-0.1, -0.05) is 18.6 Å². The van der Waals surface area contributed by atoms with Crippen LogP contribution in [0.3, 0.4) is 0 Å². The molecule has 3 rings (SSSR count). The monoisotopic (exact) mass is 341 g/mol. The molecule has 126 valence electrons. The van der Waals surface area contributed by atoms with Crippen molar-refractivity contribution < 1.29 is 4.79 Å². The number of rotatable bonds is 5. The van der Waals surface area contributed by atoms with Gasteiger partial charge in [0.1, 0.15) is 0 Å². The van der Waals surface area contributed by atoms with Crippen molar-refractivity contribution in [2.45, 2.75) is 47.1 Å². The van der Waals surface area contributed by atoms with Gasteiger partial charge in [0.25, 0.3) is 0 Å². The van der Waals surface area contributed by atoms with Crippen molar-refractivity contribution in [3.8, 4) is 0 Å². The molecule has 24 heavy (non-hydrogen) atoms. The zero-order valence-corrected chi connectivity index (χ0v) is 15.4. The van der Waals surface area contributed by atoms with Crippen LogP contribution < -0.4 is 5.32 Å². The fraction of sp³-hybridized carbons (Fsp3) is 0.368. The van der Waals surface area contributed by atoms with Crippen molar-refractivity contribution in [1.82, 2.24) is 15.3 Å². The van der Waals surface area contributed by atoms with Crippen molar-refractivity contribution in [1.29, 1.82) is 0 Å². The number of nitrogens with one attached hydrogen (secondary N) is 2. The highest BCUT2D eigenvalue weighted by molar-refractivity contribution is 7.09. The van der Waals surface area contributed by atoms with Crippen molar-refractivity contribution in [2.24, 2.45) is 0 Å². The number of fused-ring (bicyclic) bond motifs is 1. The molecule has 0 bridgehead atoms. The van der Waals surface area contributed by atoms with Gasteiger partial charge in [0.15, 0.2) is 0 Å². The van der Waals surface area contributed by atoms with Gasteiger partial charge in [0, 0.05) is 23.0 Å². The van der Waals surface area contributed by atoms with Gasteiger partial charge < -0.3 is 10.3 Å². The molecule has 1 amide bonds. The van der Waals surface area contributed by atoms with Crippen LogP contribution in [0.15, 0.2) is 17.5 Å². The lowest BCUT2D eigenvalue weighted by atomic mass is 10.0. The van der Waals surface area contributed by atoms with Gasteiger partial charge in [0.05, 0.1) is 22.6 Å². The van der Waals surface area contributed by atoms with Crippen molar-refractivity contribution in [2.75, 3.05) is 0 Å². The predicted molar refractivity (Wildman–Crippen MR) is 99.6 cm³/mol. The number of aromatic amines is 1. The van der Waals surface area contributed by atoms with E-state index in [1.807, 2.05) is 12.3 Å². The lowest BCUT2D eigenvalue weighted by Gasteiger charge is -2.08. The Morgan fingerprint density at radius 3 is 2.75 bits per heavy atom. The third-order valence-electron chi connectivity index (χ3n) is 4.33. The maximum absolute atomic E-state index is 12.2. The fourth-order valence-corrected chi connectivity index (χ4v) is 3.73. The smallest absolute Gasteiger partial charge is 0.226 e. The largest absolute Gasteiger partial charge is 0.358 e. The van der Waals surface area contributed by atoms with Gasteiger partial charge in [0.2, 0.25) is 5.91 Å². The number of carbonyl (C=O) groups is 1. The Hall–Kier alpha value is -2.14. The molecule has 2 heterocycles. The first kappa shape index (κ1) is 16.7. The molecule has 0 aliphatic rings. The second-order valence-electron chi connectivity index (χ2n) is 6.24. The summed E-state index contributed by atoms with van der Waals surface area (Å²) in [6.07, 6.45) is 1.32. The molecule has 3 aromatic rings. The van der Waals surface area contributed by atoms with Crippen molar-refractivity contribution in [3.63, 3.8) is 0 Å². The van der Waals surface area contributed by atoms with Crippen LogP contribution >= 0.6 is 11.3 Å². The molecule has 5 heteroatoms. The Morgan fingerprint density at radius 1 is 1.29 bits per heavy atom. The summed E-state index contributed by atoms with van der Waals surface area (Å²) >= 11 is 1.58.